The third kappa shape index (κ3) is 3.77. The van der Waals surface area contributed by atoms with Gasteiger partial charge in [-0.25, -0.2) is 9.18 Å². The first-order chi connectivity index (χ1) is 16.5. The highest BCUT2D eigenvalue weighted by atomic mass is 19.1. The van der Waals surface area contributed by atoms with E-state index in [0.717, 1.165) is 5.56 Å². The molecule has 0 aliphatic carbocycles. The summed E-state index contributed by atoms with van der Waals surface area (Å²) in [5.74, 6) is -0.144. The molecule has 0 saturated carbocycles. The average Bonchev–Trinajstić information content (AvgIpc) is 3.42. The van der Waals surface area contributed by atoms with Gasteiger partial charge in [-0.1, -0.05) is 18.7 Å². The van der Waals surface area contributed by atoms with Gasteiger partial charge in [-0.2, -0.15) is 0 Å². The Bertz CT molecular complexity index is 1470. The summed E-state index contributed by atoms with van der Waals surface area (Å²) < 4.78 is 23.8. The fourth-order valence-electron chi connectivity index (χ4n) is 4.47. The summed E-state index contributed by atoms with van der Waals surface area (Å²) in [5.41, 5.74) is 2.30. The molecule has 2 aromatic carbocycles. The quantitative estimate of drug-likeness (QED) is 0.416. The molecule has 0 radical (unpaired) electrons. The highest BCUT2D eigenvalue weighted by Crippen LogP contribution is 2.29. The average molecular weight is 458 g/mol. The molecule has 0 bridgehead atoms. The number of nitrogens with zero attached hydrogens (tertiary/aromatic N) is 4. The molecule has 1 atom stereocenters. The zero-order valence-electron chi connectivity index (χ0n) is 18.6. The summed E-state index contributed by atoms with van der Waals surface area (Å²) in [5, 5.41) is 0. The number of ether oxygens (including phenoxy) is 1. The molecule has 8 heteroatoms. The minimum atomic E-state index is -0.584. The summed E-state index contributed by atoms with van der Waals surface area (Å²) in [4.78, 5) is 31.4. The largest absolute Gasteiger partial charge is 0.454 e. The number of rotatable bonds is 5. The normalized spacial score (nSPS) is 15.6. The Morgan fingerprint density at radius 3 is 2.82 bits per heavy atom. The number of hydrogen-bond donors (Lipinski definition) is 0. The van der Waals surface area contributed by atoms with E-state index in [2.05, 4.69) is 11.6 Å². The van der Waals surface area contributed by atoms with Gasteiger partial charge in [0.25, 0.3) is 0 Å². The van der Waals surface area contributed by atoms with Gasteiger partial charge in [-0.15, -0.1) is 0 Å². The lowest BCUT2D eigenvalue weighted by Gasteiger charge is -2.15. The molecule has 7 nitrogen and oxygen atoms in total. The van der Waals surface area contributed by atoms with E-state index in [0.29, 0.717) is 42.0 Å². The van der Waals surface area contributed by atoms with Crippen LogP contribution in [-0.2, 0) is 4.79 Å². The lowest BCUT2D eigenvalue weighted by molar-refractivity contribution is -0.125. The predicted octanol–water partition coefficient (Wildman–Crippen LogP) is 4.39. The smallest absolute Gasteiger partial charge is 0.334 e. The van der Waals surface area contributed by atoms with Crippen LogP contribution in [0, 0.1) is 12.7 Å². The van der Waals surface area contributed by atoms with Crippen molar-refractivity contribution in [3.63, 3.8) is 0 Å². The lowest BCUT2D eigenvalue weighted by Crippen LogP contribution is -2.31. The third-order valence-electron chi connectivity index (χ3n) is 6.08. The Morgan fingerprint density at radius 1 is 1.21 bits per heavy atom. The van der Waals surface area contributed by atoms with Gasteiger partial charge in [0.15, 0.2) is 11.6 Å². The van der Waals surface area contributed by atoms with Gasteiger partial charge in [-0.05, 0) is 55.3 Å². The van der Waals surface area contributed by atoms with Crippen LogP contribution in [0.1, 0.15) is 18.0 Å². The van der Waals surface area contributed by atoms with Crippen LogP contribution in [0.4, 0.5) is 4.39 Å². The van der Waals surface area contributed by atoms with E-state index >= 15 is 4.39 Å². The predicted molar refractivity (Wildman–Crippen MR) is 127 cm³/mol. The van der Waals surface area contributed by atoms with Crippen LogP contribution < -0.4 is 10.4 Å². The molecule has 1 amide bonds. The number of aryl methyl sites for hydroxylation is 1. The summed E-state index contributed by atoms with van der Waals surface area (Å²) >= 11 is 0. The zero-order valence-corrected chi connectivity index (χ0v) is 18.6. The number of benzene rings is 2. The van der Waals surface area contributed by atoms with Crippen molar-refractivity contribution >= 4 is 16.9 Å². The van der Waals surface area contributed by atoms with E-state index < -0.39 is 5.82 Å². The monoisotopic (exact) mass is 458 g/mol. The molecule has 5 rings (SSSR count). The van der Waals surface area contributed by atoms with Crippen molar-refractivity contribution in [3.05, 3.63) is 95.4 Å². The van der Waals surface area contributed by atoms with Gasteiger partial charge >= 0.3 is 5.69 Å². The van der Waals surface area contributed by atoms with E-state index in [4.69, 9.17) is 4.74 Å². The summed E-state index contributed by atoms with van der Waals surface area (Å²) in [6, 6.07) is 13.3. The molecule has 4 aromatic rings. The van der Waals surface area contributed by atoms with Crippen molar-refractivity contribution in [1.82, 2.24) is 19.0 Å². The van der Waals surface area contributed by atoms with Crippen LogP contribution in [0.5, 0.6) is 11.5 Å². The molecule has 3 heterocycles. The maximum atomic E-state index is 15.0. The molecule has 1 saturated heterocycles. The molecule has 0 spiro atoms. The van der Waals surface area contributed by atoms with Crippen LogP contribution >= 0.6 is 0 Å². The highest BCUT2D eigenvalue weighted by molar-refractivity contribution is 5.87. The fraction of sp³-hybridized carbons (Fsp3) is 0.192. The Kier molecular flexibility index (Phi) is 5.49. The lowest BCUT2D eigenvalue weighted by atomic mass is 10.2. The van der Waals surface area contributed by atoms with E-state index in [9.17, 15) is 9.59 Å². The number of halogens is 1. The molecule has 172 valence electrons. The zero-order chi connectivity index (χ0) is 23.8. The van der Waals surface area contributed by atoms with Crippen LogP contribution in [-0.4, -0.2) is 38.0 Å². The second-order valence-corrected chi connectivity index (χ2v) is 8.32. The van der Waals surface area contributed by atoms with Gasteiger partial charge in [0.1, 0.15) is 5.75 Å². The molecule has 0 N–H and O–H groups in total. The Balaban J connectivity index is 1.54. The van der Waals surface area contributed by atoms with Gasteiger partial charge in [0.05, 0.1) is 29.0 Å². The maximum Gasteiger partial charge on any atom is 0.334 e. The van der Waals surface area contributed by atoms with Crippen molar-refractivity contribution in [2.75, 3.05) is 13.1 Å². The fourth-order valence-corrected chi connectivity index (χ4v) is 4.47. The Morgan fingerprint density at radius 2 is 2.06 bits per heavy atom. The van der Waals surface area contributed by atoms with Gasteiger partial charge < -0.3 is 9.64 Å². The number of carbonyl (C=O) groups excluding carboxylic acids is 1. The number of imidazole rings is 1. The summed E-state index contributed by atoms with van der Waals surface area (Å²) in [6.07, 6.45) is 5.12. The van der Waals surface area contributed by atoms with Crippen molar-refractivity contribution in [3.8, 4) is 17.2 Å². The van der Waals surface area contributed by atoms with Crippen molar-refractivity contribution in [1.29, 1.82) is 0 Å². The second kappa shape index (κ2) is 8.62. The van der Waals surface area contributed by atoms with Crippen molar-refractivity contribution < 1.29 is 13.9 Å². The van der Waals surface area contributed by atoms with Crippen molar-refractivity contribution in [2.45, 2.75) is 19.4 Å². The van der Waals surface area contributed by atoms with Gasteiger partial charge in [0.2, 0.25) is 5.91 Å². The topological polar surface area (TPSA) is 69.4 Å². The van der Waals surface area contributed by atoms with Crippen LogP contribution in [0.3, 0.4) is 0 Å². The standard InChI is InChI=1S/C26H23FN4O3/c1-3-25(32)29-12-10-19(16-29)31-22-9-11-28-15-23(22)30(26(31)33)18-7-8-24(21(27)14-18)34-20-6-4-5-17(2)13-20/h3-9,11,13-15,19H,1,10,12,16H2,2H3. The SMILES string of the molecule is C=CC(=O)N1CCC(n2c(=O)n(-c3ccc(Oc4cccc(C)c4)c(F)c3)c3cnccc32)C1. The number of likely N-dealkylation sites (tertiary alicyclic amines) is 1. The van der Waals surface area contributed by atoms with E-state index in [1.807, 2.05) is 25.1 Å². The molecule has 2 aromatic heterocycles. The van der Waals surface area contributed by atoms with Gasteiger partial charge in [0, 0.05) is 25.4 Å². The molecular formula is C26H23FN4O3. The first-order valence-corrected chi connectivity index (χ1v) is 11.0. The molecule has 1 aliphatic heterocycles. The number of pyridine rings is 1. The molecule has 1 fully saturated rings. The third-order valence-corrected chi connectivity index (χ3v) is 6.08. The molecule has 34 heavy (non-hydrogen) atoms. The van der Waals surface area contributed by atoms with Gasteiger partial charge in [-0.3, -0.25) is 18.9 Å². The highest BCUT2D eigenvalue weighted by Gasteiger charge is 2.30. The van der Waals surface area contributed by atoms with E-state index in [1.165, 1.54) is 22.8 Å². The Labute approximate surface area is 195 Å². The minimum absolute atomic E-state index is 0.0682. The maximum absolute atomic E-state index is 15.0. The minimum Gasteiger partial charge on any atom is -0.454 e. The summed E-state index contributed by atoms with van der Waals surface area (Å²) in [7, 11) is 0. The number of hydrogen-bond acceptors (Lipinski definition) is 4. The van der Waals surface area contributed by atoms with Crippen LogP contribution in [0.25, 0.3) is 16.7 Å². The Hall–Kier alpha value is -4.20. The van der Waals surface area contributed by atoms with E-state index in [-0.39, 0.29) is 23.4 Å². The second-order valence-electron chi connectivity index (χ2n) is 8.32. The number of carbonyl (C=O) groups is 1. The molecule has 1 aliphatic rings. The van der Waals surface area contributed by atoms with Crippen LogP contribution in [0.2, 0.25) is 0 Å². The molecule has 1 unspecified atom stereocenters. The molecular weight excluding hydrogens is 435 g/mol. The van der Waals surface area contributed by atoms with E-state index in [1.54, 1.807) is 40.1 Å². The van der Waals surface area contributed by atoms with Crippen LogP contribution in [0.15, 0.2) is 78.4 Å². The van der Waals surface area contributed by atoms with Crippen molar-refractivity contribution in [2.24, 2.45) is 0 Å². The summed E-state index contributed by atoms with van der Waals surface area (Å²) in [6.45, 7) is 6.42. The number of aromatic nitrogens is 3. The number of fused-ring (bicyclic) bond motifs is 1. The first-order valence-electron chi connectivity index (χ1n) is 11.0. The number of amides is 1. The first kappa shape index (κ1) is 21.6.